The van der Waals surface area contributed by atoms with Gasteiger partial charge in [-0.1, -0.05) is 24.3 Å². The van der Waals surface area contributed by atoms with Gasteiger partial charge in [0, 0.05) is 13.2 Å². The van der Waals surface area contributed by atoms with Crippen molar-refractivity contribution in [3.05, 3.63) is 42.5 Å². The second-order valence-electron chi connectivity index (χ2n) is 3.37. The molecule has 0 aliphatic rings. The van der Waals surface area contributed by atoms with Crippen LogP contribution in [0.1, 0.15) is 19.4 Å². The van der Waals surface area contributed by atoms with E-state index in [9.17, 15) is 13.0 Å². The maximum absolute atomic E-state index is 10.4. The van der Waals surface area contributed by atoms with E-state index in [-0.39, 0.29) is 35.3 Å². The summed E-state index contributed by atoms with van der Waals surface area (Å²) in [7, 11) is -4.70. The Bertz CT molecular complexity index is 471. The van der Waals surface area contributed by atoms with Gasteiger partial charge in [0.1, 0.15) is 5.75 Å². The summed E-state index contributed by atoms with van der Waals surface area (Å²) in [5, 5.41) is 0. The Hall–Kier alpha value is -0.370. The fourth-order valence-corrected chi connectivity index (χ4v) is 1.61. The molecule has 1 rings (SSSR count). The molecule has 0 N–H and O–H groups in total. The molecule has 0 saturated carbocycles. The molecule has 1 aromatic carbocycles. The second-order valence-corrected chi connectivity index (χ2v) is 4.36. The second kappa shape index (κ2) is 12.4. The number of ether oxygens (including phenoxy) is 1. The minimum atomic E-state index is -4.70. The molecule has 0 unspecified atom stereocenters. The van der Waals surface area contributed by atoms with E-state index in [2.05, 4.69) is 10.8 Å². The predicted molar refractivity (Wildman–Crippen MR) is 72.8 cm³/mol. The maximum atomic E-state index is 10.4. The molecule has 0 spiro atoms. The molecular weight excluding hydrogens is 291 g/mol. The zero-order valence-electron chi connectivity index (χ0n) is 12.2. The van der Waals surface area contributed by atoms with E-state index >= 15 is 0 Å². The predicted octanol–water partition coefficient (Wildman–Crippen LogP) is -0.699. The van der Waals surface area contributed by atoms with Crippen LogP contribution in [0.15, 0.2) is 36.9 Å². The molecule has 0 atom stereocenters. The van der Waals surface area contributed by atoms with Crippen molar-refractivity contribution in [1.29, 1.82) is 0 Å². The van der Waals surface area contributed by atoms with Gasteiger partial charge in [-0.15, -0.1) is 6.58 Å². The number of rotatable bonds is 6. The fraction of sp³-hybridized carbons (Fsp3) is 0.385. The summed E-state index contributed by atoms with van der Waals surface area (Å²) in [5.74, 6) is 0.0578. The quantitative estimate of drug-likeness (QED) is 0.301. The van der Waals surface area contributed by atoms with Crippen LogP contribution < -0.4 is 33.7 Å². The van der Waals surface area contributed by atoms with Crippen molar-refractivity contribution in [2.45, 2.75) is 20.3 Å². The normalized spacial score (nSPS) is 9.75. The first-order chi connectivity index (χ1) is 8.94. The molecular formula is C13H19NaO5S. The molecule has 0 bridgehead atoms. The van der Waals surface area contributed by atoms with Gasteiger partial charge in [0.2, 0.25) is 0 Å². The Morgan fingerprint density at radius 1 is 1.25 bits per heavy atom. The molecule has 0 aliphatic heterocycles. The largest absolute Gasteiger partial charge is 1.00 e. The summed E-state index contributed by atoms with van der Waals surface area (Å²) in [5.41, 5.74) is 0.613. The van der Waals surface area contributed by atoms with E-state index in [4.69, 9.17) is 4.74 Å². The molecule has 0 radical (unpaired) electrons. The van der Waals surface area contributed by atoms with Crippen molar-refractivity contribution in [2.24, 2.45) is 0 Å². The van der Waals surface area contributed by atoms with E-state index in [1.165, 1.54) is 6.07 Å². The summed E-state index contributed by atoms with van der Waals surface area (Å²) in [6, 6.07) is 6.41. The molecule has 108 valence electrons. The summed E-state index contributed by atoms with van der Waals surface area (Å²) in [6.45, 7) is 9.18. The van der Waals surface area contributed by atoms with Crippen LogP contribution in [0.4, 0.5) is 0 Å². The third-order valence-corrected chi connectivity index (χ3v) is 2.32. The third kappa shape index (κ3) is 11.5. The third-order valence-electron chi connectivity index (χ3n) is 1.94. The summed E-state index contributed by atoms with van der Waals surface area (Å²) in [6.07, 6.45) is 2.05. The number of para-hydroxylation sites is 1. The van der Waals surface area contributed by atoms with E-state index in [1.54, 1.807) is 24.3 Å². The molecule has 0 heterocycles. The van der Waals surface area contributed by atoms with Crippen molar-refractivity contribution in [3.63, 3.8) is 0 Å². The number of benzene rings is 1. The molecule has 7 heteroatoms. The van der Waals surface area contributed by atoms with Crippen LogP contribution in [0.25, 0.3) is 0 Å². The molecule has 1 aromatic rings. The molecule has 0 aromatic heterocycles. The average molecular weight is 310 g/mol. The van der Waals surface area contributed by atoms with Crippen LogP contribution in [0.5, 0.6) is 5.75 Å². The first kappa shape index (κ1) is 21.9. The topological polar surface area (TPSA) is 75.7 Å². The van der Waals surface area contributed by atoms with Gasteiger partial charge >= 0.3 is 29.6 Å². The van der Waals surface area contributed by atoms with Gasteiger partial charge in [-0.25, -0.2) is 8.42 Å². The Kier molecular flexibility index (Phi) is 13.6. The van der Waals surface area contributed by atoms with Crippen molar-refractivity contribution in [3.8, 4) is 5.75 Å². The van der Waals surface area contributed by atoms with Gasteiger partial charge in [-0.3, -0.25) is 0 Å². The maximum Gasteiger partial charge on any atom is 1.00 e. The van der Waals surface area contributed by atoms with Crippen LogP contribution in [-0.2, 0) is 21.6 Å². The first-order valence-electron chi connectivity index (χ1n) is 5.86. The first-order valence-corrected chi connectivity index (χ1v) is 7.19. The van der Waals surface area contributed by atoms with E-state index in [1.807, 2.05) is 13.8 Å². The average Bonchev–Trinajstić information content (AvgIpc) is 2.32. The molecule has 0 amide bonds. The zero-order chi connectivity index (χ0) is 14.7. The minimum Gasteiger partial charge on any atom is -0.716 e. The Labute approximate surface area is 143 Å². The smallest absolute Gasteiger partial charge is 0.716 e. The van der Waals surface area contributed by atoms with Gasteiger partial charge in [0.25, 0.3) is 10.4 Å². The molecule has 0 saturated heterocycles. The van der Waals surface area contributed by atoms with Gasteiger partial charge in [0.15, 0.2) is 0 Å². The molecule has 20 heavy (non-hydrogen) atoms. The van der Waals surface area contributed by atoms with Crippen molar-refractivity contribution < 1.29 is 51.4 Å². The fourth-order valence-electron chi connectivity index (χ4n) is 1.22. The zero-order valence-corrected chi connectivity index (χ0v) is 15.0. The van der Waals surface area contributed by atoms with Crippen LogP contribution in [0, 0.1) is 0 Å². The molecule has 0 fully saturated rings. The van der Waals surface area contributed by atoms with Gasteiger partial charge < -0.3 is 13.5 Å². The van der Waals surface area contributed by atoms with E-state index < -0.39 is 10.4 Å². The monoisotopic (exact) mass is 310 g/mol. The molecule has 0 aliphatic carbocycles. The van der Waals surface area contributed by atoms with Crippen LogP contribution in [-0.4, -0.2) is 26.2 Å². The van der Waals surface area contributed by atoms with Gasteiger partial charge in [0.05, 0.1) is 0 Å². The minimum absolute atomic E-state index is 0. The number of hydrogen-bond donors (Lipinski definition) is 0. The van der Waals surface area contributed by atoms with Crippen LogP contribution in [0.2, 0.25) is 0 Å². The van der Waals surface area contributed by atoms with Gasteiger partial charge in [-0.2, -0.15) is 0 Å². The molecule has 5 nitrogen and oxygen atoms in total. The summed E-state index contributed by atoms with van der Waals surface area (Å²) < 4.78 is 40.1. The SMILES string of the molecule is C=CCc1ccccc1OS(=O)(=O)[O-].CCOCC.[Na+]. The Morgan fingerprint density at radius 3 is 2.20 bits per heavy atom. The summed E-state index contributed by atoms with van der Waals surface area (Å²) >= 11 is 0. The van der Waals surface area contributed by atoms with Crippen molar-refractivity contribution in [2.75, 3.05) is 13.2 Å². The number of hydrogen-bond acceptors (Lipinski definition) is 5. The number of allylic oxidation sites excluding steroid dienone is 1. The van der Waals surface area contributed by atoms with Crippen molar-refractivity contribution in [1.82, 2.24) is 0 Å². The van der Waals surface area contributed by atoms with Gasteiger partial charge in [-0.05, 0) is 31.9 Å². The Morgan fingerprint density at radius 2 is 1.80 bits per heavy atom. The van der Waals surface area contributed by atoms with E-state index in [0.717, 1.165) is 13.2 Å². The standard InChI is InChI=1S/C9H10O4S.C4H10O.Na/c1-2-5-8-6-3-4-7-9(8)13-14(10,11)12;1-3-5-4-2;/h2-4,6-7H,1,5H2,(H,10,11,12);3-4H2,1-2H3;/q;;+1/p-1. The van der Waals surface area contributed by atoms with Crippen molar-refractivity contribution >= 4 is 10.4 Å². The summed E-state index contributed by atoms with van der Waals surface area (Å²) in [4.78, 5) is 0. The van der Waals surface area contributed by atoms with Crippen LogP contribution in [0.3, 0.4) is 0 Å². The van der Waals surface area contributed by atoms with Crippen LogP contribution >= 0.6 is 0 Å². The van der Waals surface area contributed by atoms with E-state index in [0.29, 0.717) is 12.0 Å². The Balaban J connectivity index is 0.